The summed E-state index contributed by atoms with van der Waals surface area (Å²) in [6, 6.07) is 4.57. The van der Waals surface area contributed by atoms with Crippen LogP contribution in [-0.2, 0) is 6.42 Å². The summed E-state index contributed by atoms with van der Waals surface area (Å²) in [6.45, 7) is 4.09. The molecule has 1 aliphatic heterocycles. The number of nitrogens with two attached hydrogens (primary N) is 1. The average molecular weight is 253 g/mol. The van der Waals surface area contributed by atoms with Crippen molar-refractivity contribution in [2.45, 2.75) is 38.9 Å². The number of ether oxygens (including phenoxy) is 1. The molecule has 1 aromatic carbocycles. The molecule has 100 valence electrons. The predicted molar refractivity (Wildman–Crippen MR) is 68.0 cm³/mol. The number of aliphatic hydroxyl groups excluding tert-OH is 1. The van der Waals surface area contributed by atoms with E-state index in [0.29, 0.717) is 19.4 Å². The van der Waals surface area contributed by atoms with Gasteiger partial charge in [-0.25, -0.2) is 4.39 Å². The Bertz CT molecular complexity index is 436. The standard InChI is InChI=1S/C14H20FNO2/c1-9(17)14(2,8-16)7-12-6-10-5-11(15)3-4-13(10)18-12/h3-5,9,12,17H,6-8,16H2,1-2H3. The van der Waals surface area contributed by atoms with E-state index in [2.05, 4.69) is 0 Å². The van der Waals surface area contributed by atoms with Crippen LogP contribution in [0, 0.1) is 11.2 Å². The molecule has 3 nitrogen and oxygen atoms in total. The van der Waals surface area contributed by atoms with Crippen molar-refractivity contribution in [1.29, 1.82) is 0 Å². The van der Waals surface area contributed by atoms with Crippen LogP contribution in [0.25, 0.3) is 0 Å². The Kier molecular flexibility index (Phi) is 3.59. The molecule has 1 aliphatic rings. The Morgan fingerprint density at radius 3 is 2.94 bits per heavy atom. The molecule has 0 fully saturated rings. The van der Waals surface area contributed by atoms with Crippen molar-refractivity contribution >= 4 is 0 Å². The van der Waals surface area contributed by atoms with Gasteiger partial charge in [-0.05, 0) is 31.5 Å². The van der Waals surface area contributed by atoms with E-state index in [9.17, 15) is 9.50 Å². The van der Waals surface area contributed by atoms with Gasteiger partial charge in [0.05, 0.1) is 6.10 Å². The molecule has 3 atom stereocenters. The van der Waals surface area contributed by atoms with Crippen LogP contribution in [0.5, 0.6) is 5.75 Å². The maximum atomic E-state index is 13.1. The third-order valence-corrected chi connectivity index (χ3v) is 3.93. The van der Waals surface area contributed by atoms with Crippen molar-refractivity contribution in [2.24, 2.45) is 11.1 Å². The highest BCUT2D eigenvalue weighted by molar-refractivity contribution is 5.37. The number of hydrogen-bond acceptors (Lipinski definition) is 3. The number of benzene rings is 1. The highest BCUT2D eigenvalue weighted by atomic mass is 19.1. The second-order valence-corrected chi connectivity index (χ2v) is 5.43. The third-order valence-electron chi connectivity index (χ3n) is 3.93. The summed E-state index contributed by atoms with van der Waals surface area (Å²) in [5, 5.41) is 9.80. The van der Waals surface area contributed by atoms with E-state index < -0.39 is 6.10 Å². The van der Waals surface area contributed by atoms with Gasteiger partial charge >= 0.3 is 0 Å². The molecule has 0 aliphatic carbocycles. The van der Waals surface area contributed by atoms with Gasteiger partial charge in [0.15, 0.2) is 0 Å². The lowest BCUT2D eigenvalue weighted by Crippen LogP contribution is -2.41. The summed E-state index contributed by atoms with van der Waals surface area (Å²) in [5.74, 6) is 0.501. The fourth-order valence-electron chi connectivity index (χ4n) is 2.35. The fourth-order valence-corrected chi connectivity index (χ4v) is 2.35. The molecule has 18 heavy (non-hydrogen) atoms. The second-order valence-electron chi connectivity index (χ2n) is 5.43. The van der Waals surface area contributed by atoms with E-state index in [1.54, 1.807) is 13.0 Å². The zero-order chi connectivity index (χ0) is 13.3. The molecule has 2 rings (SSSR count). The highest BCUT2D eigenvalue weighted by Crippen LogP contribution is 2.35. The molecule has 0 saturated carbocycles. The lowest BCUT2D eigenvalue weighted by Gasteiger charge is -2.33. The normalized spacial score (nSPS) is 23.1. The van der Waals surface area contributed by atoms with Crippen LogP contribution in [0.1, 0.15) is 25.8 Å². The summed E-state index contributed by atoms with van der Waals surface area (Å²) < 4.78 is 18.9. The van der Waals surface area contributed by atoms with E-state index in [-0.39, 0.29) is 17.3 Å². The molecule has 0 radical (unpaired) electrons. The molecular weight excluding hydrogens is 233 g/mol. The Morgan fingerprint density at radius 1 is 1.61 bits per heavy atom. The van der Waals surface area contributed by atoms with Crippen molar-refractivity contribution in [3.05, 3.63) is 29.6 Å². The Hall–Kier alpha value is -1.13. The van der Waals surface area contributed by atoms with Gasteiger partial charge in [-0.3, -0.25) is 0 Å². The van der Waals surface area contributed by atoms with Crippen LogP contribution in [0.15, 0.2) is 18.2 Å². The lowest BCUT2D eigenvalue weighted by molar-refractivity contribution is 0.0248. The molecule has 3 N–H and O–H groups in total. The number of hydrogen-bond donors (Lipinski definition) is 2. The van der Waals surface area contributed by atoms with Crippen LogP contribution in [0.2, 0.25) is 0 Å². The summed E-state index contributed by atoms with van der Waals surface area (Å²) in [6.07, 6.45) is 0.809. The van der Waals surface area contributed by atoms with Crippen LogP contribution < -0.4 is 10.5 Å². The first-order valence-corrected chi connectivity index (χ1v) is 6.28. The van der Waals surface area contributed by atoms with Gasteiger partial charge in [-0.1, -0.05) is 6.92 Å². The number of aliphatic hydroxyl groups is 1. The lowest BCUT2D eigenvalue weighted by atomic mass is 9.79. The molecule has 0 aromatic heterocycles. The molecular formula is C14H20FNO2. The minimum atomic E-state index is -0.494. The van der Waals surface area contributed by atoms with E-state index in [4.69, 9.17) is 10.5 Å². The summed E-state index contributed by atoms with van der Waals surface area (Å²) in [5.41, 5.74) is 6.26. The molecule has 1 heterocycles. The Morgan fingerprint density at radius 2 is 2.33 bits per heavy atom. The van der Waals surface area contributed by atoms with Crippen LogP contribution >= 0.6 is 0 Å². The van der Waals surface area contributed by atoms with Gasteiger partial charge in [-0.2, -0.15) is 0 Å². The van der Waals surface area contributed by atoms with Crippen molar-refractivity contribution in [1.82, 2.24) is 0 Å². The van der Waals surface area contributed by atoms with Crippen LogP contribution in [0.4, 0.5) is 4.39 Å². The molecule has 0 spiro atoms. The van der Waals surface area contributed by atoms with E-state index >= 15 is 0 Å². The number of halogens is 1. The Labute approximate surface area is 107 Å². The number of rotatable bonds is 4. The first-order valence-electron chi connectivity index (χ1n) is 6.28. The van der Waals surface area contributed by atoms with Crippen LogP contribution in [0.3, 0.4) is 0 Å². The van der Waals surface area contributed by atoms with Gasteiger partial charge in [0.1, 0.15) is 17.7 Å². The minimum Gasteiger partial charge on any atom is -0.490 e. The maximum absolute atomic E-state index is 13.1. The van der Waals surface area contributed by atoms with E-state index in [1.807, 2.05) is 6.92 Å². The quantitative estimate of drug-likeness (QED) is 0.861. The van der Waals surface area contributed by atoms with Crippen molar-refractivity contribution < 1.29 is 14.2 Å². The molecule has 0 bridgehead atoms. The van der Waals surface area contributed by atoms with Gasteiger partial charge in [-0.15, -0.1) is 0 Å². The van der Waals surface area contributed by atoms with Gasteiger partial charge < -0.3 is 15.6 Å². The predicted octanol–water partition coefficient (Wildman–Crippen LogP) is 1.87. The molecule has 4 heteroatoms. The zero-order valence-electron chi connectivity index (χ0n) is 10.8. The molecule has 0 amide bonds. The highest BCUT2D eigenvalue weighted by Gasteiger charge is 2.35. The minimum absolute atomic E-state index is 0.0371. The fraction of sp³-hybridized carbons (Fsp3) is 0.571. The van der Waals surface area contributed by atoms with Gasteiger partial charge in [0.25, 0.3) is 0 Å². The first-order chi connectivity index (χ1) is 8.44. The SMILES string of the molecule is CC(O)C(C)(CN)CC1Cc2cc(F)ccc2O1. The van der Waals surface area contributed by atoms with Gasteiger partial charge in [0.2, 0.25) is 0 Å². The molecule has 1 aromatic rings. The monoisotopic (exact) mass is 253 g/mol. The zero-order valence-corrected chi connectivity index (χ0v) is 10.8. The van der Waals surface area contributed by atoms with E-state index in [1.165, 1.54) is 12.1 Å². The third kappa shape index (κ3) is 2.49. The Balaban J connectivity index is 2.07. The second kappa shape index (κ2) is 4.86. The van der Waals surface area contributed by atoms with Crippen molar-refractivity contribution in [2.75, 3.05) is 6.54 Å². The van der Waals surface area contributed by atoms with Crippen molar-refractivity contribution in [3.8, 4) is 5.75 Å². The van der Waals surface area contributed by atoms with Crippen molar-refractivity contribution in [3.63, 3.8) is 0 Å². The summed E-state index contributed by atoms with van der Waals surface area (Å²) >= 11 is 0. The van der Waals surface area contributed by atoms with E-state index in [0.717, 1.165) is 11.3 Å². The average Bonchev–Trinajstić information content (AvgIpc) is 2.69. The molecule has 3 unspecified atom stereocenters. The first kappa shape index (κ1) is 13.3. The topological polar surface area (TPSA) is 55.5 Å². The summed E-state index contributed by atoms with van der Waals surface area (Å²) in [7, 11) is 0. The maximum Gasteiger partial charge on any atom is 0.123 e. The van der Waals surface area contributed by atoms with Crippen LogP contribution in [-0.4, -0.2) is 23.9 Å². The number of fused-ring (bicyclic) bond motifs is 1. The van der Waals surface area contributed by atoms with Gasteiger partial charge in [0, 0.05) is 23.9 Å². The largest absolute Gasteiger partial charge is 0.490 e. The molecule has 0 saturated heterocycles. The summed E-state index contributed by atoms with van der Waals surface area (Å²) in [4.78, 5) is 0. The smallest absolute Gasteiger partial charge is 0.123 e.